The highest BCUT2D eigenvalue weighted by atomic mass is 32.1. The van der Waals surface area contributed by atoms with Gasteiger partial charge in [-0.3, -0.25) is 5.10 Å². The Kier molecular flexibility index (Phi) is 7.33. The van der Waals surface area contributed by atoms with Crippen LogP contribution in [0, 0.1) is 0 Å². The molecule has 0 amide bonds. The SMILES string of the molecule is CCCN(c1cc(-c2c(S)n[nH]c2C2C=C(CC)CCC2)ccc1OC)C(C)C. The maximum atomic E-state index is 5.71. The van der Waals surface area contributed by atoms with E-state index < -0.39 is 0 Å². The molecule has 1 atom stereocenters. The van der Waals surface area contributed by atoms with Crippen molar-refractivity contribution in [3.05, 3.63) is 35.5 Å². The molecule has 1 aliphatic carbocycles. The first-order valence-corrected chi connectivity index (χ1v) is 11.4. The van der Waals surface area contributed by atoms with E-state index in [1.165, 1.54) is 18.5 Å². The van der Waals surface area contributed by atoms with Crippen molar-refractivity contribution in [3.63, 3.8) is 0 Å². The maximum Gasteiger partial charge on any atom is 0.142 e. The molecule has 4 nitrogen and oxygen atoms in total. The van der Waals surface area contributed by atoms with Gasteiger partial charge in [-0.1, -0.05) is 31.6 Å². The molecule has 0 radical (unpaired) electrons. The molecule has 0 aliphatic heterocycles. The first-order chi connectivity index (χ1) is 14.0. The van der Waals surface area contributed by atoms with E-state index in [0.29, 0.717) is 12.0 Å². The minimum Gasteiger partial charge on any atom is -0.495 e. The number of nitrogens with zero attached hydrogens (tertiary/aromatic N) is 2. The fraction of sp³-hybridized carbons (Fsp3) is 0.542. The van der Waals surface area contributed by atoms with Crippen molar-refractivity contribution in [2.45, 2.75) is 76.8 Å². The topological polar surface area (TPSA) is 41.2 Å². The zero-order valence-corrected chi connectivity index (χ0v) is 19.4. The van der Waals surface area contributed by atoms with Crippen LogP contribution < -0.4 is 9.64 Å². The Morgan fingerprint density at radius 1 is 1.31 bits per heavy atom. The largest absolute Gasteiger partial charge is 0.495 e. The average Bonchev–Trinajstić information content (AvgIpc) is 3.12. The quantitative estimate of drug-likeness (QED) is 0.378. The summed E-state index contributed by atoms with van der Waals surface area (Å²) in [7, 11) is 1.75. The second kappa shape index (κ2) is 9.75. The van der Waals surface area contributed by atoms with Crippen LogP contribution in [-0.2, 0) is 0 Å². The van der Waals surface area contributed by atoms with Gasteiger partial charge >= 0.3 is 0 Å². The molecule has 158 valence electrons. The Bertz CT molecular complexity index is 856. The Morgan fingerprint density at radius 2 is 2.10 bits per heavy atom. The fourth-order valence-electron chi connectivity index (χ4n) is 4.39. The zero-order valence-electron chi connectivity index (χ0n) is 18.5. The van der Waals surface area contributed by atoms with Gasteiger partial charge in [0.2, 0.25) is 0 Å². The van der Waals surface area contributed by atoms with Crippen LogP contribution in [0.1, 0.15) is 71.4 Å². The molecule has 1 aliphatic rings. The van der Waals surface area contributed by atoms with E-state index in [2.05, 4.69) is 67.1 Å². The van der Waals surface area contributed by atoms with Crippen LogP contribution in [0.5, 0.6) is 5.75 Å². The highest BCUT2D eigenvalue weighted by molar-refractivity contribution is 7.80. The lowest BCUT2D eigenvalue weighted by atomic mass is 9.85. The van der Waals surface area contributed by atoms with Gasteiger partial charge in [-0.05, 0) is 63.6 Å². The smallest absolute Gasteiger partial charge is 0.142 e. The summed E-state index contributed by atoms with van der Waals surface area (Å²) in [5, 5.41) is 8.53. The van der Waals surface area contributed by atoms with E-state index >= 15 is 0 Å². The molecule has 0 fully saturated rings. The molecule has 0 saturated carbocycles. The lowest BCUT2D eigenvalue weighted by Gasteiger charge is -2.30. The number of rotatable bonds is 8. The van der Waals surface area contributed by atoms with Crippen molar-refractivity contribution in [1.29, 1.82) is 0 Å². The Labute approximate surface area is 181 Å². The standard InChI is InChI=1S/C24H35N3OS/c1-6-13-27(16(3)4)20-15-18(11-12-21(20)28-5)22-23(25-26-24(22)29)19-10-8-9-17(7-2)14-19/h11-12,14-16,19H,6-10,13H2,1-5H3,(H2,25,26,29). The van der Waals surface area contributed by atoms with Gasteiger partial charge in [0.25, 0.3) is 0 Å². The monoisotopic (exact) mass is 413 g/mol. The van der Waals surface area contributed by atoms with Crippen LogP contribution in [0.25, 0.3) is 11.1 Å². The lowest BCUT2D eigenvalue weighted by molar-refractivity contribution is 0.413. The summed E-state index contributed by atoms with van der Waals surface area (Å²) in [6, 6.07) is 6.85. The fourth-order valence-corrected chi connectivity index (χ4v) is 4.69. The number of methoxy groups -OCH3 is 1. The molecular weight excluding hydrogens is 378 g/mol. The van der Waals surface area contributed by atoms with Gasteiger partial charge in [0.05, 0.1) is 18.5 Å². The predicted octanol–water partition coefficient (Wildman–Crippen LogP) is 6.60. The molecular formula is C24H35N3OS. The first kappa shape index (κ1) is 21.8. The van der Waals surface area contributed by atoms with Crippen molar-refractivity contribution < 1.29 is 4.74 Å². The number of ether oxygens (including phenoxy) is 1. The Balaban J connectivity index is 2.08. The van der Waals surface area contributed by atoms with E-state index in [-0.39, 0.29) is 0 Å². The molecule has 0 bridgehead atoms. The van der Waals surface area contributed by atoms with E-state index in [4.69, 9.17) is 17.4 Å². The normalized spacial score (nSPS) is 16.8. The highest BCUT2D eigenvalue weighted by Crippen LogP contribution is 2.41. The molecule has 0 saturated heterocycles. The zero-order chi connectivity index (χ0) is 21.0. The van der Waals surface area contributed by atoms with Crippen molar-refractivity contribution in [1.82, 2.24) is 10.2 Å². The number of aromatic amines is 1. The summed E-state index contributed by atoms with van der Waals surface area (Å²) in [6.07, 6.45) is 8.26. The third kappa shape index (κ3) is 4.66. The first-order valence-electron chi connectivity index (χ1n) is 10.9. The van der Waals surface area contributed by atoms with E-state index in [0.717, 1.165) is 53.4 Å². The number of hydrogen-bond donors (Lipinski definition) is 2. The molecule has 1 N–H and O–H groups in total. The maximum absolute atomic E-state index is 5.71. The summed E-state index contributed by atoms with van der Waals surface area (Å²) in [5.74, 6) is 1.29. The van der Waals surface area contributed by atoms with Crippen molar-refractivity contribution in [3.8, 4) is 16.9 Å². The summed E-state index contributed by atoms with van der Waals surface area (Å²) >= 11 is 4.70. The van der Waals surface area contributed by atoms with Crippen molar-refractivity contribution >= 4 is 18.3 Å². The van der Waals surface area contributed by atoms with Gasteiger partial charge in [-0.2, -0.15) is 5.10 Å². The molecule has 5 heteroatoms. The van der Waals surface area contributed by atoms with Gasteiger partial charge in [0.15, 0.2) is 0 Å². The summed E-state index contributed by atoms with van der Waals surface area (Å²) in [6.45, 7) is 9.92. The number of thiol groups is 1. The van der Waals surface area contributed by atoms with Crippen LogP contribution in [0.2, 0.25) is 0 Å². The van der Waals surface area contributed by atoms with Crippen molar-refractivity contribution in [2.24, 2.45) is 0 Å². The van der Waals surface area contributed by atoms with Crippen molar-refractivity contribution in [2.75, 3.05) is 18.6 Å². The van der Waals surface area contributed by atoms with Gasteiger partial charge in [-0.15, -0.1) is 12.6 Å². The molecule has 0 spiro atoms. The van der Waals surface area contributed by atoms with Gasteiger partial charge in [0, 0.05) is 24.1 Å². The molecule has 1 aromatic carbocycles. The van der Waals surface area contributed by atoms with E-state index in [9.17, 15) is 0 Å². The third-order valence-electron chi connectivity index (χ3n) is 5.91. The van der Waals surface area contributed by atoms with Gasteiger partial charge in [-0.25, -0.2) is 0 Å². The molecule has 29 heavy (non-hydrogen) atoms. The minimum atomic E-state index is 0.379. The minimum absolute atomic E-state index is 0.379. The van der Waals surface area contributed by atoms with E-state index in [1.54, 1.807) is 12.7 Å². The highest BCUT2D eigenvalue weighted by Gasteiger charge is 2.24. The number of nitrogens with one attached hydrogen (secondary N) is 1. The Hall–Kier alpha value is -1.88. The summed E-state index contributed by atoms with van der Waals surface area (Å²) in [5.41, 5.74) is 6.13. The number of allylic oxidation sites excluding steroid dienone is 2. The van der Waals surface area contributed by atoms with E-state index in [1.807, 2.05) is 0 Å². The third-order valence-corrected chi connectivity index (χ3v) is 6.24. The van der Waals surface area contributed by atoms with Crippen LogP contribution in [0.3, 0.4) is 0 Å². The molecule has 2 aromatic rings. The number of hydrogen-bond acceptors (Lipinski definition) is 4. The second-order valence-electron chi connectivity index (χ2n) is 8.19. The number of H-pyrrole nitrogens is 1. The molecule has 1 aromatic heterocycles. The summed E-state index contributed by atoms with van der Waals surface area (Å²) < 4.78 is 5.71. The van der Waals surface area contributed by atoms with Crippen LogP contribution in [0.4, 0.5) is 5.69 Å². The summed E-state index contributed by atoms with van der Waals surface area (Å²) in [4.78, 5) is 2.41. The molecule has 1 unspecified atom stereocenters. The predicted molar refractivity (Wildman–Crippen MR) is 126 cm³/mol. The van der Waals surface area contributed by atoms with Gasteiger partial charge < -0.3 is 9.64 Å². The molecule has 3 rings (SSSR count). The Morgan fingerprint density at radius 3 is 2.76 bits per heavy atom. The average molecular weight is 414 g/mol. The number of anilines is 1. The second-order valence-corrected chi connectivity index (χ2v) is 8.61. The van der Waals surface area contributed by atoms with Crippen LogP contribution >= 0.6 is 12.6 Å². The van der Waals surface area contributed by atoms with Crippen LogP contribution in [0.15, 0.2) is 34.9 Å². The number of aromatic nitrogens is 2. The van der Waals surface area contributed by atoms with Gasteiger partial charge in [0.1, 0.15) is 10.8 Å². The lowest BCUT2D eigenvalue weighted by Crippen LogP contribution is -2.31. The number of benzene rings is 1. The molecule has 1 heterocycles. The van der Waals surface area contributed by atoms with Crippen LogP contribution in [-0.4, -0.2) is 29.9 Å².